The number of aromatic hydroxyl groups is 1. The number of phenols is 1. The van der Waals surface area contributed by atoms with Crippen molar-refractivity contribution in [1.29, 1.82) is 0 Å². The van der Waals surface area contributed by atoms with Crippen molar-refractivity contribution in [3.63, 3.8) is 0 Å². The molecule has 0 aromatic heterocycles. The molecular formula is C15H24N2O. The van der Waals surface area contributed by atoms with E-state index in [0.29, 0.717) is 23.6 Å². The number of nitrogens with two attached hydrogens (primary N) is 1. The Labute approximate surface area is 110 Å². The molecule has 3 heteroatoms. The van der Waals surface area contributed by atoms with E-state index in [-0.39, 0.29) is 0 Å². The van der Waals surface area contributed by atoms with Gasteiger partial charge in [0.2, 0.25) is 0 Å². The average Bonchev–Trinajstić information content (AvgIpc) is 2.70. The molecule has 3 nitrogen and oxygen atoms in total. The van der Waals surface area contributed by atoms with Gasteiger partial charge in [0.25, 0.3) is 0 Å². The summed E-state index contributed by atoms with van der Waals surface area (Å²) in [6.07, 6.45) is 1.04. The minimum absolute atomic E-state index is 0.303. The summed E-state index contributed by atoms with van der Waals surface area (Å²) >= 11 is 0. The second-order valence-electron chi connectivity index (χ2n) is 5.73. The summed E-state index contributed by atoms with van der Waals surface area (Å²) in [5.74, 6) is 1.37. The Bertz CT molecular complexity index is 417. The molecule has 1 heterocycles. The molecular weight excluding hydrogens is 224 g/mol. The maximum absolute atomic E-state index is 10.4. The Morgan fingerprint density at radius 2 is 2.17 bits per heavy atom. The fourth-order valence-electron chi connectivity index (χ4n) is 2.95. The van der Waals surface area contributed by atoms with E-state index < -0.39 is 0 Å². The molecule has 3 N–H and O–H groups in total. The molecule has 0 spiro atoms. The van der Waals surface area contributed by atoms with E-state index >= 15 is 0 Å². The topological polar surface area (TPSA) is 49.5 Å². The Balaban J connectivity index is 2.31. The second kappa shape index (κ2) is 5.29. The minimum atomic E-state index is 0.303. The summed E-state index contributed by atoms with van der Waals surface area (Å²) in [5, 5.41) is 10.4. The number of hydrogen-bond acceptors (Lipinski definition) is 3. The lowest BCUT2D eigenvalue weighted by atomic mass is 9.93. The molecule has 1 aromatic rings. The fraction of sp³-hybridized carbons (Fsp3) is 0.600. The highest BCUT2D eigenvalue weighted by Crippen LogP contribution is 2.40. The molecule has 0 bridgehead atoms. The van der Waals surface area contributed by atoms with Crippen LogP contribution in [0.5, 0.6) is 5.75 Å². The van der Waals surface area contributed by atoms with E-state index in [1.807, 2.05) is 18.2 Å². The molecule has 2 atom stereocenters. The molecule has 0 aliphatic carbocycles. The van der Waals surface area contributed by atoms with Crippen LogP contribution in [0.25, 0.3) is 0 Å². The zero-order valence-electron chi connectivity index (χ0n) is 11.6. The molecule has 0 saturated carbocycles. The van der Waals surface area contributed by atoms with Crippen LogP contribution in [0, 0.1) is 5.92 Å². The summed E-state index contributed by atoms with van der Waals surface area (Å²) in [4.78, 5) is 2.30. The van der Waals surface area contributed by atoms with Gasteiger partial charge in [-0.05, 0) is 37.4 Å². The van der Waals surface area contributed by atoms with Gasteiger partial charge in [0.05, 0.1) is 0 Å². The third-order valence-corrected chi connectivity index (χ3v) is 4.05. The van der Waals surface area contributed by atoms with Crippen molar-refractivity contribution in [3.8, 4) is 5.75 Å². The van der Waals surface area contributed by atoms with Crippen molar-refractivity contribution in [3.05, 3.63) is 29.3 Å². The van der Waals surface area contributed by atoms with Crippen molar-refractivity contribution < 1.29 is 5.11 Å². The van der Waals surface area contributed by atoms with Crippen molar-refractivity contribution in [2.75, 3.05) is 20.1 Å². The van der Waals surface area contributed by atoms with Crippen molar-refractivity contribution in [2.24, 2.45) is 11.7 Å². The van der Waals surface area contributed by atoms with E-state index in [2.05, 4.69) is 25.8 Å². The molecule has 100 valence electrons. The van der Waals surface area contributed by atoms with Gasteiger partial charge >= 0.3 is 0 Å². The van der Waals surface area contributed by atoms with Gasteiger partial charge in [-0.3, -0.25) is 4.90 Å². The molecule has 2 unspecified atom stereocenters. The van der Waals surface area contributed by atoms with Gasteiger partial charge in [0.1, 0.15) is 5.75 Å². The number of hydrogen-bond donors (Lipinski definition) is 2. The van der Waals surface area contributed by atoms with Crippen LogP contribution in [0.2, 0.25) is 0 Å². The first-order valence-electron chi connectivity index (χ1n) is 6.76. The van der Waals surface area contributed by atoms with E-state index in [0.717, 1.165) is 30.6 Å². The van der Waals surface area contributed by atoms with Gasteiger partial charge < -0.3 is 10.8 Å². The summed E-state index contributed by atoms with van der Waals surface area (Å²) in [6, 6.07) is 6.41. The monoisotopic (exact) mass is 248 g/mol. The molecule has 1 aliphatic heterocycles. The molecule has 0 radical (unpaired) electrons. The third-order valence-electron chi connectivity index (χ3n) is 4.05. The van der Waals surface area contributed by atoms with Crippen LogP contribution in [0.1, 0.15) is 43.4 Å². The van der Waals surface area contributed by atoms with Gasteiger partial charge in [0, 0.05) is 18.2 Å². The number of nitrogens with zero attached hydrogens (tertiary/aromatic N) is 1. The molecule has 1 fully saturated rings. The predicted octanol–water partition coefficient (Wildman–Crippen LogP) is 2.47. The Kier molecular flexibility index (Phi) is 3.93. The van der Waals surface area contributed by atoms with E-state index in [1.165, 1.54) is 0 Å². The number of benzene rings is 1. The first kappa shape index (κ1) is 13.4. The normalized spacial score (nSPS) is 24.9. The van der Waals surface area contributed by atoms with Crippen molar-refractivity contribution in [2.45, 2.75) is 32.2 Å². The minimum Gasteiger partial charge on any atom is -0.507 e. The van der Waals surface area contributed by atoms with Crippen LogP contribution in [0.15, 0.2) is 18.2 Å². The lowest BCUT2D eigenvalue weighted by Crippen LogP contribution is -2.20. The smallest absolute Gasteiger partial charge is 0.123 e. The molecule has 2 rings (SSSR count). The van der Waals surface area contributed by atoms with E-state index in [4.69, 9.17) is 5.73 Å². The Hall–Kier alpha value is -1.06. The quantitative estimate of drug-likeness (QED) is 0.864. The highest BCUT2D eigenvalue weighted by Gasteiger charge is 2.31. The van der Waals surface area contributed by atoms with Crippen LogP contribution in [-0.2, 0) is 0 Å². The lowest BCUT2D eigenvalue weighted by molar-refractivity contribution is 0.305. The molecule has 1 saturated heterocycles. The summed E-state index contributed by atoms with van der Waals surface area (Å²) in [7, 11) is 2.11. The number of rotatable bonds is 3. The highest BCUT2D eigenvalue weighted by molar-refractivity contribution is 5.44. The first-order chi connectivity index (χ1) is 8.54. The van der Waals surface area contributed by atoms with Crippen molar-refractivity contribution >= 4 is 0 Å². The zero-order valence-corrected chi connectivity index (χ0v) is 11.6. The zero-order chi connectivity index (χ0) is 13.3. The maximum Gasteiger partial charge on any atom is 0.123 e. The fourth-order valence-corrected chi connectivity index (χ4v) is 2.95. The largest absolute Gasteiger partial charge is 0.507 e. The van der Waals surface area contributed by atoms with Gasteiger partial charge in [-0.1, -0.05) is 32.0 Å². The molecule has 1 aromatic carbocycles. The number of phenolic OH excluding ortho intramolecular Hbond substituents is 1. The average molecular weight is 248 g/mol. The van der Waals surface area contributed by atoms with Crippen LogP contribution in [-0.4, -0.2) is 30.1 Å². The van der Waals surface area contributed by atoms with Gasteiger partial charge in [0.15, 0.2) is 0 Å². The summed E-state index contributed by atoms with van der Waals surface area (Å²) < 4.78 is 0. The highest BCUT2D eigenvalue weighted by atomic mass is 16.3. The van der Waals surface area contributed by atoms with E-state index in [1.54, 1.807) is 0 Å². The Morgan fingerprint density at radius 3 is 2.72 bits per heavy atom. The standard InChI is InChI=1S/C15H24N2O/c1-10(2)12-5-4-6-13(15(12)18)14-7-11(8-16)9-17(14)3/h4-6,10-11,14,18H,7-9,16H2,1-3H3. The summed E-state index contributed by atoms with van der Waals surface area (Å²) in [6.45, 7) is 5.97. The van der Waals surface area contributed by atoms with Crippen LogP contribution >= 0.6 is 0 Å². The van der Waals surface area contributed by atoms with Crippen LogP contribution in [0.4, 0.5) is 0 Å². The van der Waals surface area contributed by atoms with E-state index in [9.17, 15) is 5.11 Å². The first-order valence-corrected chi connectivity index (χ1v) is 6.76. The predicted molar refractivity (Wildman–Crippen MR) is 74.7 cm³/mol. The van der Waals surface area contributed by atoms with Crippen LogP contribution in [0.3, 0.4) is 0 Å². The third kappa shape index (κ3) is 2.38. The molecule has 0 amide bonds. The molecule has 18 heavy (non-hydrogen) atoms. The van der Waals surface area contributed by atoms with Crippen LogP contribution < -0.4 is 5.73 Å². The van der Waals surface area contributed by atoms with Gasteiger partial charge in [-0.25, -0.2) is 0 Å². The van der Waals surface area contributed by atoms with Gasteiger partial charge in [-0.15, -0.1) is 0 Å². The van der Waals surface area contributed by atoms with Crippen molar-refractivity contribution in [1.82, 2.24) is 4.90 Å². The SMILES string of the molecule is CC(C)c1cccc(C2CC(CN)CN2C)c1O. The van der Waals surface area contributed by atoms with Gasteiger partial charge in [-0.2, -0.15) is 0 Å². The number of likely N-dealkylation sites (tertiary alicyclic amines) is 1. The molecule has 1 aliphatic rings. The Morgan fingerprint density at radius 1 is 1.44 bits per heavy atom. The second-order valence-corrected chi connectivity index (χ2v) is 5.73. The lowest BCUT2D eigenvalue weighted by Gasteiger charge is -2.22. The maximum atomic E-state index is 10.4. The number of para-hydroxylation sites is 1. The summed E-state index contributed by atoms with van der Waals surface area (Å²) in [5.41, 5.74) is 7.86.